The second-order valence-corrected chi connectivity index (χ2v) is 4.10. The molecule has 1 aromatic rings. The maximum Gasteiger partial charge on any atom is 0.245 e. The first-order chi connectivity index (χ1) is 7.72. The fraction of sp³-hybridized carbons (Fsp3) is 0.545. The molecule has 86 valence electrons. The van der Waals surface area contributed by atoms with Gasteiger partial charge in [0.1, 0.15) is 12.2 Å². The van der Waals surface area contributed by atoms with Crippen molar-refractivity contribution >= 4 is 5.91 Å². The molecule has 0 saturated carbocycles. The van der Waals surface area contributed by atoms with Crippen LogP contribution in [0.4, 0.5) is 0 Å². The van der Waals surface area contributed by atoms with Crippen LogP contribution in [0.2, 0.25) is 0 Å². The van der Waals surface area contributed by atoms with Crippen LogP contribution in [-0.4, -0.2) is 38.7 Å². The van der Waals surface area contributed by atoms with Gasteiger partial charge in [0.15, 0.2) is 0 Å². The number of aromatic nitrogens is 3. The van der Waals surface area contributed by atoms with Crippen molar-refractivity contribution in [2.75, 3.05) is 13.1 Å². The van der Waals surface area contributed by atoms with E-state index < -0.39 is 0 Å². The van der Waals surface area contributed by atoms with Gasteiger partial charge in [-0.2, -0.15) is 0 Å². The summed E-state index contributed by atoms with van der Waals surface area (Å²) in [4.78, 5) is 13.2. The molecule has 2 heterocycles. The standard InChI is InChI=1S/C11H16N4O/c1-3-10(16)15-6-4-9(5-7-15)11-13-12-8-14(11)2/h3,8-9H,1,4-7H2,2H3. The van der Waals surface area contributed by atoms with E-state index in [9.17, 15) is 4.79 Å². The highest BCUT2D eigenvalue weighted by molar-refractivity contribution is 5.87. The number of hydrogen-bond donors (Lipinski definition) is 0. The van der Waals surface area contributed by atoms with Gasteiger partial charge >= 0.3 is 0 Å². The van der Waals surface area contributed by atoms with E-state index in [1.54, 1.807) is 6.33 Å². The minimum atomic E-state index is 0.0245. The van der Waals surface area contributed by atoms with E-state index >= 15 is 0 Å². The Kier molecular flexibility index (Phi) is 3.03. The Balaban J connectivity index is 1.98. The predicted molar refractivity (Wildman–Crippen MR) is 59.8 cm³/mol. The number of amides is 1. The van der Waals surface area contributed by atoms with Crippen molar-refractivity contribution in [2.45, 2.75) is 18.8 Å². The van der Waals surface area contributed by atoms with Crippen LogP contribution in [0.3, 0.4) is 0 Å². The van der Waals surface area contributed by atoms with Crippen LogP contribution in [0.25, 0.3) is 0 Å². The highest BCUT2D eigenvalue weighted by atomic mass is 16.2. The van der Waals surface area contributed by atoms with Crippen LogP contribution in [0.1, 0.15) is 24.6 Å². The lowest BCUT2D eigenvalue weighted by Gasteiger charge is -2.30. The zero-order valence-corrected chi connectivity index (χ0v) is 9.46. The minimum absolute atomic E-state index is 0.0245. The number of hydrogen-bond acceptors (Lipinski definition) is 3. The summed E-state index contributed by atoms with van der Waals surface area (Å²) in [5.74, 6) is 1.46. The Morgan fingerprint density at radius 3 is 2.75 bits per heavy atom. The maximum absolute atomic E-state index is 11.4. The smallest absolute Gasteiger partial charge is 0.245 e. The Morgan fingerprint density at radius 1 is 1.56 bits per heavy atom. The van der Waals surface area contributed by atoms with Crippen LogP contribution >= 0.6 is 0 Å². The van der Waals surface area contributed by atoms with Crippen LogP contribution in [0.5, 0.6) is 0 Å². The van der Waals surface area contributed by atoms with E-state index in [1.165, 1.54) is 6.08 Å². The summed E-state index contributed by atoms with van der Waals surface area (Å²) in [6.45, 7) is 5.06. The quantitative estimate of drug-likeness (QED) is 0.690. The average Bonchev–Trinajstić information content (AvgIpc) is 2.75. The van der Waals surface area contributed by atoms with Gasteiger partial charge in [-0.25, -0.2) is 0 Å². The molecule has 0 spiro atoms. The number of carbonyl (C=O) groups excluding carboxylic acids is 1. The molecule has 1 aliphatic rings. The molecule has 0 N–H and O–H groups in total. The minimum Gasteiger partial charge on any atom is -0.339 e. The fourth-order valence-corrected chi connectivity index (χ4v) is 2.15. The monoisotopic (exact) mass is 220 g/mol. The molecule has 16 heavy (non-hydrogen) atoms. The molecular weight excluding hydrogens is 204 g/mol. The lowest BCUT2D eigenvalue weighted by atomic mass is 9.96. The van der Waals surface area contributed by atoms with Crippen LogP contribution < -0.4 is 0 Å². The topological polar surface area (TPSA) is 51.0 Å². The molecule has 1 aromatic heterocycles. The second-order valence-electron chi connectivity index (χ2n) is 4.10. The van der Waals surface area contributed by atoms with Gasteiger partial charge in [-0.1, -0.05) is 6.58 Å². The molecule has 0 aliphatic carbocycles. The Morgan fingerprint density at radius 2 is 2.25 bits per heavy atom. The third-order valence-corrected chi connectivity index (χ3v) is 3.09. The van der Waals surface area contributed by atoms with E-state index in [1.807, 2.05) is 16.5 Å². The van der Waals surface area contributed by atoms with Crippen molar-refractivity contribution in [1.29, 1.82) is 0 Å². The van der Waals surface area contributed by atoms with E-state index in [0.29, 0.717) is 5.92 Å². The molecule has 1 fully saturated rings. The highest BCUT2D eigenvalue weighted by Crippen LogP contribution is 2.25. The molecule has 0 atom stereocenters. The van der Waals surface area contributed by atoms with E-state index in [0.717, 1.165) is 31.8 Å². The van der Waals surface area contributed by atoms with Gasteiger partial charge in [0.25, 0.3) is 0 Å². The number of rotatable bonds is 2. The first-order valence-corrected chi connectivity index (χ1v) is 5.47. The van der Waals surface area contributed by atoms with Crippen molar-refractivity contribution in [3.63, 3.8) is 0 Å². The number of likely N-dealkylation sites (tertiary alicyclic amines) is 1. The first kappa shape index (κ1) is 10.9. The van der Waals surface area contributed by atoms with Gasteiger partial charge in [-0.05, 0) is 18.9 Å². The van der Waals surface area contributed by atoms with Crippen LogP contribution in [0, 0.1) is 0 Å². The van der Waals surface area contributed by atoms with E-state index in [2.05, 4.69) is 16.8 Å². The SMILES string of the molecule is C=CC(=O)N1CCC(c2nncn2C)CC1. The number of aryl methyl sites for hydroxylation is 1. The average molecular weight is 220 g/mol. The summed E-state index contributed by atoms with van der Waals surface area (Å²) in [6.07, 6.45) is 5.00. The zero-order valence-electron chi connectivity index (χ0n) is 9.46. The Bertz CT molecular complexity index is 390. The number of carbonyl (C=O) groups is 1. The van der Waals surface area contributed by atoms with Crippen molar-refractivity contribution in [1.82, 2.24) is 19.7 Å². The fourth-order valence-electron chi connectivity index (χ4n) is 2.15. The molecule has 0 bridgehead atoms. The largest absolute Gasteiger partial charge is 0.339 e. The van der Waals surface area contributed by atoms with Gasteiger partial charge < -0.3 is 9.47 Å². The molecule has 5 nitrogen and oxygen atoms in total. The van der Waals surface area contributed by atoms with Gasteiger partial charge in [-0.3, -0.25) is 4.79 Å². The summed E-state index contributed by atoms with van der Waals surface area (Å²) in [5, 5.41) is 8.00. The van der Waals surface area contributed by atoms with Gasteiger partial charge in [0, 0.05) is 26.1 Å². The highest BCUT2D eigenvalue weighted by Gasteiger charge is 2.25. The first-order valence-electron chi connectivity index (χ1n) is 5.47. The molecule has 1 amide bonds. The maximum atomic E-state index is 11.4. The molecule has 0 radical (unpaired) electrons. The van der Waals surface area contributed by atoms with Gasteiger partial charge in [0.05, 0.1) is 0 Å². The normalized spacial score (nSPS) is 17.4. The summed E-state index contributed by atoms with van der Waals surface area (Å²) >= 11 is 0. The summed E-state index contributed by atoms with van der Waals surface area (Å²) in [7, 11) is 1.95. The molecule has 2 rings (SSSR count). The van der Waals surface area contributed by atoms with E-state index in [4.69, 9.17) is 0 Å². The Hall–Kier alpha value is -1.65. The van der Waals surface area contributed by atoms with Crippen molar-refractivity contribution in [2.24, 2.45) is 7.05 Å². The van der Waals surface area contributed by atoms with Crippen molar-refractivity contribution in [3.8, 4) is 0 Å². The molecular formula is C11H16N4O. The third-order valence-electron chi connectivity index (χ3n) is 3.09. The summed E-state index contributed by atoms with van der Waals surface area (Å²) in [6, 6.07) is 0. The molecule has 1 saturated heterocycles. The zero-order chi connectivity index (χ0) is 11.5. The molecule has 1 aliphatic heterocycles. The van der Waals surface area contributed by atoms with Crippen molar-refractivity contribution < 1.29 is 4.79 Å². The second kappa shape index (κ2) is 4.47. The molecule has 5 heteroatoms. The summed E-state index contributed by atoms with van der Waals surface area (Å²) < 4.78 is 1.95. The van der Waals surface area contributed by atoms with Gasteiger partial charge in [0.2, 0.25) is 5.91 Å². The number of nitrogens with zero attached hydrogens (tertiary/aromatic N) is 4. The number of piperidine rings is 1. The van der Waals surface area contributed by atoms with E-state index in [-0.39, 0.29) is 5.91 Å². The van der Waals surface area contributed by atoms with Crippen LogP contribution in [-0.2, 0) is 11.8 Å². The summed E-state index contributed by atoms with van der Waals surface area (Å²) in [5.41, 5.74) is 0. The lowest BCUT2D eigenvalue weighted by molar-refractivity contribution is -0.127. The predicted octanol–water partition coefficient (Wildman–Crippen LogP) is 0.707. The van der Waals surface area contributed by atoms with Gasteiger partial charge in [-0.15, -0.1) is 10.2 Å². The van der Waals surface area contributed by atoms with Crippen LogP contribution in [0.15, 0.2) is 19.0 Å². The Labute approximate surface area is 94.8 Å². The molecule has 0 unspecified atom stereocenters. The lowest BCUT2D eigenvalue weighted by Crippen LogP contribution is -2.37. The van der Waals surface area contributed by atoms with Crippen molar-refractivity contribution in [3.05, 3.63) is 24.8 Å². The third kappa shape index (κ3) is 1.98. The molecule has 0 aromatic carbocycles.